The summed E-state index contributed by atoms with van der Waals surface area (Å²) in [6, 6.07) is 13.6. The van der Waals surface area contributed by atoms with Crippen LogP contribution in [0, 0.1) is 0 Å². The fourth-order valence-electron chi connectivity index (χ4n) is 3.04. The number of carbonyl (C=O) groups excluding carboxylic acids is 3. The van der Waals surface area contributed by atoms with Gasteiger partial charge >= 0.3 is 6.03 Å². The Morgan fingerprint density at radius 1 is 1.18 bits per heavy atom. The fraction of sp³-hybridized carbons (Fsp3) is 0.250. The van der Waals surface area contributed by atoms with E-state index in [0.717, 1.165) is 9.80 Å². The second-order valence-electron chi connectivity index (χ2n) is 6.42. The van der Waals surface area contributed by atoms with Gasteiger partial charge in [0.15, 0.2) is 0 Å². The highest BCUT2D eigenvalue weighted by atomic mass is 32.2. The van der Waals surface area contributed by atoms with Crippen molar-refractivity contribution >= 4 is 35.3 Å². The summed E-state index contributed by atoms with van der Waals surface area (Å²) in [6.45, 7) is 1.26. The Morgan fingerprint density at radius 2 is 1.86 bits per heavy atom. The number of benzene rings is 2. The van der Waals surface area contributed by atoms with Crippen LogP contribution in [0.4, 0.5) is 10.5 Å². The van der Waals surface area contributed by atoms with Crippen molar-refractivity contribution in [1.82, 2.24) is 10.2 Å². The van der Waals surface area contributed by atoms with Crippen molar-refractivity contribution in [2.75, 3.05) is 25.2 Å². The van der Waals surface area contributed by atoms with E-state index in [9.17, 15) is 14.4 Å². The molecule has 1 aliphatic rings. The van der Waals surface area contributed by atoms with Gasteiger partial charge < -0.3 is 15.4 Å². The smallest absolute Gasteiger partial charge is 0.325 e. The zero-order valence-corrected chi connectivity index (χ0v) is 16.6. The number of para-hydroxylation sites is 1. The van der Waals surface area contributed by atoms with Gasteiger partial charge in [-0.1, -0.05) is 24.3 Å². The van der Waals surface area contributed by atoms with E-state index in [0.29, 0.717) is 17.0 Å². The van der Waals surface area contributed by atoms with Crippen LogP contribution in [0.2, 0.25) is 0 Å². The molecule has 0 aliphatic carbocycles. The first-order valence-corrected chi connectivity index (χ1v) is 9.83. The monoisotopic (exact) mass is 399 g/mol. The summed E-state index contributed by atoms with van der Waals surface area (Å²) in [4.78, 5) is 39.6. The maximum absolute atomic E-state index is 12.9. The minimum absolute atomic E-state index is 0.362. The van der Waals surface area contributed by atoms with E-state index in [2.05, 4.69) is 10.6 Å². The van der Waals surface area contributed by atoms with Crippen molar-refractivity contribution in [3.63, 3.8) is 0 Å². The average Bonchev–Trinajstić information content (AvgIpc) is 2.92. The predicted molar refractivity (Wildman–Crippen MR) is 107 cm³/mol. The highest BCUT2D eigenvalue weighted by molar-refractivity contribution is 7.98. The lowest BCUT2D eigenvalue weighted by molar-refractivity contribution is -0.133. The third-order valence-electron chi connectivity index (χ3n) is 4.63. The number of nitrogens with zero attached hydrogens (tertiary/aromatic N) is 1. The van der Waals surface area contributed by atoms with Crippen LogP contribution in [0.1, 0.15) is 12.5 Å². The van der Waals surface area contributed by atoms with E-state index >= 15 is 0 Å². The first-order chi connectivity index (χ1) is 13.4. The van der Waals surface area contributed by atoms with Gasteiger partial charge in [0.25, 0.3) is 5.91 Å². The van der Waals surface area contributed by atoms with Crippen molar-refractivity contribution in [3.05, 3.63) is 54.1 Å². The molecule has 0 spiro atoms. The molecule has 1 atom stereocenters. The number of hydrogen-bond donors (Lipinski definition) is 2. The van der Waals surface area contributed by atoms with Gasteiger partial charge in [0.2, 0.25) is 5.91 Å². The van der Waals surface area contributed by atoms with Gasteiger partial charge in [-0.05, 0) is 43.0 Å². The molecule has 28 heavy (non-hydrogen) atoms. The highest BCUT2D eigenvalue weighted by Gasteiger charge is 2.49. The van der Waals surface area contributed by atoms with Crippen LogP contribution >= 0.6 is 11.8 Å². The fourth-order valence-corrected chi connectivity index (χ4v) is 3.60. The van der Waals surface area contributed by atoms with Crippen molar-refractivity contribution < 1.29 is 19.1 Å². The molecule has 3 rings (SSSR count). The molecule has 7 nitrogen and oxygen atoms in total. The third-order valence-corrected chi connectivity index (χ3v) is 5.42. The molecule has 2 aromatic rings. The molecule has 0 radical (unpaired) electrons. The van der Waals surface area contributed by atoms with Crippen LogP contribution in [0.3, 0.4) is 0 Å². The summed E-state index contributed by atoms with van der Waals surface area (Å²) in [7, 11) is 1.55. The summed E-state index contributed by atoms with van der Waals surface area (Å²) in [5, 5.41) is 5.45. The van der Waals surface area contributed by atoms with Gasteiger partial charge in [-0.3, -0.25) is 14.5 Å². The van der Waals surface area contributed by atoms with Gasteiger partial charge in [-0.25, -0.2) is 4.79 Å². The lowest BCUT2D eigenvalue weighted by atomic mass is 9.92. The molecule has 1 heterocycles. The molecule has 1 aliphatic heterocycles. The van der Waals surface area contributed by atoms with E-state index in [1.165, 1.54) is 11.8 Å². The number of imide groups is 1. The van der Waals surface area contributed by atoms with Crippen LogP contribution < -0.4 is 15.4 Å². The Bertz CT molecular complexity index is 916. The molecule has 4 amide bonds. The number of hydrogen-bond acceptors (Lipinski definition) is 5. The average molecular weight is 399 g/mol. The Balaban J connectivity index is 1.75. The van der Waals surface area contributed by atoms with Crippen molar-refractivity contribution in [3.8, 4) is 5.75 Å². The van der Waals surface area contributed by atoms with Crippen molar-refractivity contribution in [2.24, 2.45) is 0 Å². The number of ether oxygens (including phenoxy) is 1. The lowest BCUT2D eigenvalue weighted by Crippen LogP contribution is -2.42. The Morgan fingerprint density at radius 3 is 2.50 bits per heavy atom. The zero-order chi connectivity index (χ0) is 20.3. The molecule has 0 aromatic heterocycles. The summed E-state index contributed by atoms with van der Waals surface area (Å²) in [5.41, 5.74) is 0.0214. The van der Waals surface area contributed by atoms with E-state index in [-0.39, 0.29) is 6.54 Å². The molecular weight excluding hydrogens is 378 g/mol. The van der Waals surface area contributed by atoms with Crippen LogP contribution in [0.25, 0.3) is 0 Å². The van der Waals surface area contributed by atoms with E-state index in [1.54, 1.807) is 44.4 Å². The number of rotatable bonds is 6. The molecule has 2 aromatic carbocycles. The molecule has 2 N–H and O–H groups in total. The zero-order valence-electron chi connectivity index (χ0n) is 15.8. The molecule has 8 heteroatoms. The van der Waals surface area contributed by atoms with Gasteiger partial charge in [0, 0.05) is 4.90 Å². The number of carbonyl (C=O) groups is 3. The Labute approximate surface area is 167 Å². The van der Waals surface area contributed by atoms with E-state index in [1.807, 2.05) is 24.5 Å². The van der Waals surface area contributed by atoms with Gasteiger partial charge in [-0.2, -0.15) is 0 Å². The molecule has 0 saturated carbocycles. The summed E-state index contributed by atoms with van der Waals surface area (Å²) in [6.07, 6.45) is 1.91. The normalized spacial score (nSPS) is 18.8. The van der Waals surface area contributed by atoms with Crippen LogP contribution in [-0.4, -0.2) is 42.7 Å². The summed E-state index contributed by atoms with van der Waals surface area (Å²) >= 11 is 1.50. The minimum atomic E-state index is -1.24. The maximum Gasteiger partial charge on any atom is 0.325 e. The second-order valence-corrected chi connectivity index (χ2v) is 7.27. The number of methoxy groups -OCH3 is 1. The van der Waals surface area contributed by atoms with Crippen LogP contribution in [0.5, 0.6) is 5.75 Å². The summed E-state index contributed by atoms with van der Waals surface area (Å²) < 4.78 is 5.12. The van der Waals surface area contributed by atoms with Crippen molar-refractivity contribution in [1.29, 1.82) is 0 Å². The Kier molecular flexibility index (Phi) is 5.60. The first-order valence-electron chi connectivity index (χ1n) is 8.60. The topological polar surface area (TPSA) is 87.7 Å². The largest absolute Gasteiger partial charge is 0.497 e. The maximum atomic E-state index is 12.9. The molecule has 146 valence electrons. The molecular formula is C20H21N3O4S. The van der Waals surface area contributed by atoms with Crippen LogP contribution in [-0.2, 0) is 15.1 Å². The lowest BCUT2D eigenvalue weighted by Gasteiger charge is -2.22. The Hall–Kier alpha value is -3.00. The third kappa shape index (κ3) is 3.68. The van der Waals surface area contributed by atoms with Gasteiger partial charge in [0.05, 0.1) is 12.8 Å². The van der Waals surface area contributed by atoms with E-state index in [4.69, 9.17) is 4.74 Å². The van der Waals surface area contributed by atoms with Crippen LogP contribution in [0.15, 0.2) is 53.4 Å². The number of urea groups is 1. The SMILES string of the molecule is COc1ccc(C2(C)NC(=O)N(CC(=O)Nc3ccccc3SC)C2=O)cc1. The number of anilines is 1. The van der Waals surface area contributed by atoms with Gasteiger partial charge in [-0.15, -0.1) is 11.8 Å². The minimum Gasteiger partial charge on any atom is -0.497 e. The quantitative estimate of drug-likeness (QED) is 0.576. The predicted octanol–water partition coefficient (Wildman–Crippen LogP) is 2.82. The molecule has 1 saturated heterocycles. The first kappa shape index (κ1) is 19.8. The number of thioether (sulfide) groups is 1. The number of nitrogens with one attached hydrogen (secondary N) is 2. The highest BCUT2D eigenvalue weighted by Crippen LogP contribution is 2.30. The van der Waals surface area contributed by atoms with E-state index < -0.39 is 23.4 Å². The van der Waals surface area contributed by atoms with Gasteiger partial charge in [0.1, 0.15) is 17.8 Å². The number of amides is 4. The molecule has 1 unspecified atom stereocenters. The standard InChI is InChI=1S/C20H21N3O4S/c1-20(13-8-10-14(27-2)11-9-13)18(25)23(19(26)22-20)12-17(24)21-15-6-4-5-7-16(15)28-3/h4-11H,12H2,1-3H3,(H,21,24)(H,22,26). The molecule has 0 bridgehead atoms. The van der Waals surface area contributed by atoms with Crippen molar-refractivity contribution in [2.45, 2.75) is 17.4 Å². The summed E-state index contributed by atoms with van der Waals surface area (Å²) in [5.74, 6) is -0.271. The second kappa shape index (κ2) is 7.93. The molecule has 1 fully saturated rings.